The Kier molecular flexibility index (Phi) is 3.99. The third-order valence-corrected chi connectivity index (χ3v) is 4.87. The first-order valence-electron chi connectivity index (χ1n) is 6.68. The van der Waals surface area contributed by atoms with E-state index in [0.29, 0.717) is 10.7 Å². The molecule has 5 nitrogen and oxygen atoms in total. The van der Waals surface area contributed by atoms with Crippen LogP contribution >= 0.6 is 11.3 Å². The molecule has 106 valence electrons. The van der Waals surface area contributed by atoms with Crippen molar-refractivity contribution in [2.24, 2.45) is 0 Å². The minimum absolute atomic E-state index is 0.0304. The van der Waals surface area contributed by atoms with Crippen LogP contribution in [0.2, 0.25) is 0 Å². The summed E-state index contributed by atoms with van der Waals surface area (Å²) >= 11 is 1.37. The third-order valence-electron chi connectivity index (χ3n) is 3.65. The molecule has 0 aliphatic carbocycles. The molecule has 0 saturated carbocycles. The van der Waals surface area contributed by atoms with Gasteiger partial charge in [-0.25, -0.2) is 4.98 Å². The van der Waals surface area contributed by atoms with Gasteiger partial charge in [0.25, 0.3) is 5.91 Å². The summed E-state index contributed by atoms with van der Waals surface area (Å²) in [5, 5.41) is 0.776. The molecule has 1 amide bonds. The SMILES string of the molecule is C[C@@H]1CCC[C@H](C)N1C(=O)c1sc(N(C)C)nc1N. The molecule has 0 unspecified atom stereocenters. The largest absolute Gasteiger partial charge is 0.382 e. The topological polar surface area (TPSA) is 62.5 Å². The maximum absolute atomic E-state index is 12.7. The summed E-state index contributed by atoms with van der Waals surface area (Å²) in [5.74, 6) is 0.381. The van der Waals surface area contributed by atoms with Crippen molar-refractivity contribution in [3.05, 3.63) is 4.88 Å². The molecule has 0 aromatic carbocycles. The number of amides is 1. The van der Waals surface area contributed by atoms with Crippen LogP contribution in [-0.2, 0) is 0 Å². The summed E-state index contributed by atoms with van der Waals surface area (Å²) in [7, 11) is 3.80. The van der Waals surface area contributed by atoms with Crippen LogP contribution in [0.15, 0.2) is 0 Å². The Labute approximate surface area is 118 Å². The van der Waals surface area contributed by atoms with E-state index in [9.17, 15) is 4.79 Å². The van der Waals surface area contributed by atoms with Gasteiger partial charge in [0, 0.05) is 26.2 Å². The number of thiazole rings is 1. The van der Waals surface area contributed by atoms with Gasteiger partial charge in [0.15, 0.2) is 5.13 Å². The lowest BCUT2D eigenvalue weighted by Crippen LogP contribution is -2.47. The number of anilines is 2. The second-order valence-electron chi connectivity index (χ2n) is 5.45. The number of nitrogen functional groups attached to an aromatic ring is 1. The molecule has 2 N–H and O–H groups in total. The molecule has 1 aromatic rings. The lowest BCUT2D eigenvalue weighted by atomic mass is 9.97. The van der Waals surface area contributed by atoms with Crippen LogP contribution in [0.25, 0.3) is 0 Å². The first kappa shape index (κ1) is 14.1. The fraction of sp³-hybridized carbons (Fsp3) is 0.692. The predicted octanol–water partition coefficient (Wildman–Crippen LogP) is 2.19. The highest BCUT2D eigenvalue weighted by Gasteiger charge is 2.32. The number of nitrogens with zero attached hydrogens (tertiary/aromatic N) is 3. The average Bonchev–Trinajstić information content (AvgIpc) is 2.71. The highest BCUT2D eigenvalue weighted by Crippen LogP contribution is 2.31. The lowest BCUT2D eigenvalue weighted by molar-refractivity contribution is 0.0516. The number of carbonyl (C=O) groups is 1. The van der Waals surface area contributed by atoms with Crippen molar-refractivity contribution < 1.29 is 4.79 Å². The van der Waals surface area contributed by atoms with Gasteiger partial charge in [-0.3, -0.25) is 4.79 Å². The van der Waals surface area contributed by atoms with Crippen molar-refractivity contribution in [2.75, 3.05) is 24.7 Å². The number of hydrogen-bond donors (Lipinski definition) is 1. The van der Waals surface area contributed by atoms with Gasteiger partial charge in [-0.1, -0.05) is 11.3 Å². The molecule has 0 spiro atoms. The summed E-state index contributed by atoms with van der Waals surface area (Å²) in [5.41, 5.74) is 5.90. The van der Waals surface area contributed by atoms with Gasteiger partial charge in [-0.05, 0) is 33.1 Å². The Bertz CT molecular complexity index is 461. The van der Waals surface area contributed by atoms with Gasteiger partial charge < -0.3 is 15.5 Å². The smallest absolute Gasteiger partial charge is 0.268 e. The predicted molar refractivity (Wildman–Crippen MR) is 79.8 cm³/mol. The lowest BCUT2D eigenvalue weighted by Gasteiger charge is -2.38. The molecular weight excluding hydrogens is 260 g/mol. The van der Waals surface area contributed by atoms with E-state index in [1.807, 2.05) is 23.9 Å². The molecule has 2 heterocycles. The van der Waals surface area contributed by atoms with Crippen molar-refractivity contribution in [2.45, 2.75) is 45.2 Å². The molecule has 2 atom stereocenters. The molecule has 1 aliphatic rings. The van der Waals surface area contributed by atoms with Crippen molar-refractivity contribution in [3.63, 3.8) is 0 Å². The molecule has 0 bridgehead atoms. The zero-order valence-electron chi connectivity index (χ0n) is 12.0. The number of nitrogens with two attached hydrogens (primary N) is 1. The van der Waals surface area contributed by atoms with Gasteiger partial charge in [-0.15, -0.1) is 0 Å². The van der Waals surface area contributed by atoms with Crippen LogP contribution < -0.4 is 10.6 Å². The van der Waals surface area contributed by atoms with E-state index in [2.05, 4.69) is 18.8 Å². The van der Waals surface area contributed by atoms with Crippen molar-refractivity contribution in [1.82, 2.24) is 9.88 Å². The number of aromatic nitrogens is 1. The van der Waals surface area contributed by atoms with Crippen LogP contribution in [0.4, 0.5) is 10.9 Å². The fourth-order valence-corrected chi connectivity index (χ4v) is 3.46. The van der Waals surface area contributed by atoms with E-state index in [4.69, 9.17) is 5.73 Å². The van der Waals surface area contributed by atoms with E-state index in [0.717, 1.165) is 18.0 Å². The summed E-state index contributed by atoms with van der Waals surface area (Å²) in [6.07, 6.45) is 3.32. The van der Waals surface area contributed by atoms with Gasteiger partial charge >= 0.3 is 0 Å². The van der Waals surface area contributed by atoms with Crippen molar-refractivity contribution in [3.8, 4) is 0 Å². The zero-order valence-corrected chi connectivity index (χ0v) is 12.8. The van der Waals surface area contributed by atoms with Crippen LogP contribution in [0.1, 0.15) is 42.8 Å². The minimum atomic E-state index is 0.0304. The minimum Gasteiger partial charge on any atom is -0.382 e. The Morgan fingerprint density at radius 3 is 2.42 bits per heavy atom. The Morgan fingerprint density at radius 2 is 1.95 bits per heavy atom. The van der Waals surface area contributed by atoms with Gasteiger partial charge in [0.2, 0.25) is 0 Å². The van der Waals surface area contributed by atoms with Gasteiger partial charge in [0.1, 0.15) is 10.7 Å². The van der Waals surface area contributed by atoms with E-state index in [1.165, 1.54) is 17.8 Å². The maximum atomic E-state index is 12.7. The number of hydrogen-bond acceptors (Lipinski definition) is 5. The van der Waals surface area contributed by atoms with E-state index in [1.54, 1.807) is 0 Å². The second kappa shape index (κ2) is 5.36. The zero-order chi connectivity index (χ0) is 14.2. The van der Waals surface area contributed by atoms with Crippen LogP contribution in [0.5, 0.6) is 0 Å². The first-order chi connectivity index (χ1) is 8.91. The molecule has 2 rings (SSSR count). The molecule has 0 radical (unpaired) electrons. The second-order valence-corrected chi connectivity index (χ2v) is 6.42. The number of likely N-dealkylation sites (tertiary alicyclic amines) is 1. The van der Waals surface area contributed by atoms with Crippen LogP contribution in [0, 0.1) is 0 Å². The molecule has 1 saturated heterocycles. The van der Waals surface area contributed by atoms with Gasteiger partial charge in [-0.2, -0.15) is 0 Å². The monoisotopic (exact) mass is 282 g/mol. The molecule has 19 heavy (non-hydrogen) atoms. The Balaban J connectivity index is 2.28. The highest BCUT2D eigenvalue weighted by atomic mass is 32.1. The normalized spacial score (nSPS) is 23.5. The summed E-state index contributed by atoms with van der Waals surface area (Å²) in [6.45, 7) is 4.22. The van der Waals surface area contributed by atoms with Crippen molar-refractivity contribution >= 4 is 28.2 Å². The Morgan fingerprint density at radius 1 is 1.37 bits per heavy atom. The summed E-state index contributed by atoms with van der Waals surface area (Å²) in [4.78, 5) is 21.3. The van der Waals surface area contributed by atoms with Crippen LogP contribution in [0.3, 0.4) is 0 Å². The fourth-order valence-electron chi connectivity index (χ4n) is 2.60. The van der Waals surface area contributed by atoms with E-state index in [-0.39, 0.29) is 18.0 Å². The number of piperidine rings is 1. The van der Waals surface area contributed by atoms with Crippen LogP contribution in [-0.4, -0.2) is 42.0 Å². The molecule has 1 aromatic heterocycles. The first-order valence-corrected chi connectivity index (χ1v) is 7.49. The molecular formula is C13H22N4OS. The molecule has 1 fully saturated rings. The summed E-state index contributed by atoms with van der Waals surface area (Å²) in [6, 6.07) is 0.557. The van der Waals surface area contributed by atoms with E-state index < -0.39 is 0 Å². The molecule has 6 heteroatoms. The Hall–Kier alpha value is -1.30. The van der Waals surface area contributed by atoms with Gasteiger partial charge in [0.05, 0.1) is 0 Å². The van der Waals surface area contributed by atoms with E-state index >= 15 is 0 Å². The average molecular weight is 282 g/mol. The quantitative estimate of drug-likeness (QED) is 0.903. The number of rotatable bonds is 2. The summed E-state index contributed by atoms with van der Waals surface area (Å²) < 4.78 is 0. The van der Waals surface area contributed by atoms with Crippen molar-refractivity contribution in [1.29, 1.82) is 0 Å². The maximum Gasteiger partial charge on any atom is 0.268 e. The third kappa shape index (κ3) is 2.68. The number of carbonyl (C=O) groups excluding carboxylic acids is 1. The standard InChI is InChI=1S/C13H22N4OS/c1-8-6-5-7-9(2)17(8)12(18)10-11(14)15-13(19-10)16(3)4/h8-9H,5-7,14H2,1-4H3/t8-,9+. The molecule has 1 aliphatic heterocycles. The highest BCUT2D eigenvalue weighted by molar-refractivity contribution is 7.18.